The maximum absolute atomic E-state index is 11.0. The van der Waals surface area contributed by atoms with Gasteiger partial charge < -0.3 is 10.1 Å². The van der Waals surface area contributed by atoms with E-state index in [1.165, 1.54) is 11.8 Å². The lowest BCUT2D eigenvalue weighted by molar-refractivity contribution is 0.0241. The highest BCUT2D eigenvalue weighted by Gasteiger charge is 2.23. The fourth-order valence-corrected chi connectivity index (χ4v) is 2.27. The van der Waals surface area contributed by atoms with Gasteiger partial charge in [-0.3, -0.25) is 4.79 Å². The molecule has 5 nitrogen and oxygen atoms in total. The largest absolute Gasteiger partial charge is 0.369 e. The molecule has 0 spiro atoms. The van der Waals surface area contributed by atoms with Gasteiger partial charge in [-0.1, -0.05) is 23.4 Å². The highest BCUT2D eigenvalue weighted by molar-refractivity contribution is 7.98. The van der Waals surface area contributed by atoms with E-state index in [1.807, 2.05) is 6.26 Å². The van der Waals surface area contributed by atoms with E-state index in [2.05, 4.69) is 15.3 Å². The van der Waals surface area contributed by atoms with Crippen LogP contribution in [-0.4, -0.2) is 42.2 Å². The fraction of sp³-hybridized carbons (Fsp3) is 0.500. The van der Waals surface area contributed by atoms with Gasteiger partial charge in [-0.15, -0.1) is 0 Å². The van der Waals surface area contributed by atoms with E-state index < -0.39 is 0 Å². The number of carbonyl (C=O) groups excluding carboxylic acids is 1. The minimum Gasteiger partial charge on any atom is -0.369 e. The van der Waals surface area contributed by atoms with E-state index in [0.717, 1.165) is 6.54 Å². The summed E-state index contributed by atoms with van der Waals surface area (Å²) in [7, 11) is 0. The summed E-state index contributed by atoms with van der Waals surface area (Å²) in [4.78, 5) is 19.4. The molecule has 1 fully saturated rings. The van der Waals surface area contributed by atoms with E-state index >= 15 is 0 Å². The topological polar surface area (TPSA) is 64.1 Å². The van der Waals surface area contributed by atoms with Gasteiger partial charge in [0.15, 0.2) is 11.4 Å². The van der Waals surface area contributed by atoms with Gasteiger partial charge in [-0.2, -0.15) is 0 Å². The van der Waals surface area contributed by atoms with Gasteiger partial charge >= 0.3 is 0 Å². The Labute approximate surface area is 108 Å². The first kappa shape index (κ1) is 12.8. The van der Waals surface area contributed by atoms with Gasteiger partial charge in [-0.05, 0) is 6.26 Å². The number of aromatic nitrogens is 2. The molecule has 1 aliphatic heterocycles. The Morgan fingerprint density at radius 2 is 2.41 bits per heavy atom. The molecule has 1 unspecified atom stereocenters. The van der Waals surface area contributed by atoms with Crippen LogP contribution < -0.4 is 5.32 Å². The molecule has 0 bridgehead atoms. The van der Waals surface area contributed by atoms with Crippen molar-refractivity contribution >= 4 is 29.6 Å². The quantitative estimate of drug-likeness (QED) is 0.388. The van der Waals surface area contributed by atoms with Crippen molar-refractivity contribution in [3.05, 3.63) is 16.4 Å². The summed E-state index contributed by atoms with van der Waals surface area (Å²) in [6.07, 6.45) is 2.30. The maximum atomic E-state index is 11.0. The normalized spacial score (nSPS) is 20.2. The molecule has 0 saturated carbocycles. The third-order valence-electron chi connectivity index (χ3n) is 2.44. The number of thioether (sulfide) groups is 1. The van der Waals surface area contributed by atoms with Crippen LogP contribution in [0, 0.1) is 0 Å². The monoisotopic (exact) mass is 273 g/mol. The van der Waals surface area contributed by atoms with Gasteiger partial charge in [0, 0.05) is 13.1 Å². The highest BCUT2D eigenvalue weighted by Crippen LogP contribution is 2.26. The number of morpholine rings is 1. The predicted octanol–water partition coefficient (Wildman–Crippen LogP) is 1.33. The Morgan fingerprint density at radius 3 is 3.00 bits per heavy atom. The number of carbonyl (C=O) groups is 1. The number of hydrogen-bond acceptors (Lipinski definition) is 6. The number of nitrogens with one attached hydrogen (secondary N) is 1. The van der Waals surface area contributed by atoms with E-state index in [1.54, 1.807) is 0 Å². The maximum Gasteiger partial charge on any atom is 0.189 e. The van der Waals surface area contributed by atoms with Crippen molar-refractivity contribution in [1.82, 2.24) is 15.3 Å². The molecular formula is C10H12ClN3O2S. The first-order valence-corrected chi connectivity index (χ1v) is 6.75. The van der Waals surface area contributed by atoms with Crippen LogP contribution in [0.2, 0.25) is 5.15 Å². The molecule has 0 aliphatic carbocycles. The minimum atomic E-state index is -0.240. The van der Waals surface area contributed by atoms with Crippen molar-refractivity contribution in [2.45, 2.75) is 11.3 Å². The van der Waals surface area contributed by atoms with Crippen molar-refractivity contribution in [3.63, 3.8) is 0 Å². The molecule has 2 heterocycles. The van der Waals surface area contributed by atoms with Crippen molar-refractivity contribution < 1.29 is 9.53 Å². The Kier molecular flexibility index (Phi) is 4.33. The zero-order valence-corrected chi connectivity index (χ0v) is 10.8. The predicted molar refractivity (Wildman–Crippen MR) is 65.8 cm³/mol. The van der Waals surface area contributed by atoms with Crippen LogP contribution >= 0.6 is 23.4 Å². The molecule has 0 amide bonds. The smallest absolute Gasteiger partial charge is 0.189 e. The van der Waals surface area contributed by atoms with Crippen LogP contribution in [-0.2, 0) is 4.74 Å². The van der Waals surface area contributed by atoms with Gasteiger partial charge in [0.2, 0.25) is 0 Å². The molecule has 1 aromatic rings. The molecule has 1 aliphatic rings. The number of nitrogens with zero attached hydrogens (tertiary/aromatic N) is 2. The first-order valence-electron chi connectivity index (χ1n) is 5.15. The van der Waals surface area contributed by atoms with Gasteiger partial charge in [0.25, 0.3) is 0 Å². The lowest BCUT2D eigenvalue weighted by Gasteiger charge is -2.24. The van der Waals surface area contributed by atoms with E-state index in [0.29, 0.717) is 35.9 Å². The van der Waals surface area contributed by atoms with Crippen LogP contribution in [0.5, 0.6) is 0 Å². The second-order valence-corrected chi connectivity index (χ2v) is 4.61. The lowest BCUT2D eigenvalue weighted by atomic mass is 10.1. The first-order chi connectivity index (χ1) is 8.26. The Hall–Kier alpha value is -0.690. The Bertz CT molecular complexity index is 424. The standard InChI is InChI=1S/C10H12ClN3O2S/c1-17-10-13-8(6(5-15)9(11)14-10)7-4-12-2-3-16-7/h5,7,12H,2-4H2,1H3. The van der Waals surface area contributed by atoms with Crippen molar-refractivity contribution in [1.29, 1.82) is 0 Å². The Balaban J connectivity index is 2.41. The minimum absolute atomic E-state index is 0.184. The van der Waals surface area contributed by atoms with Crippen LogP contribution in [0.15, 0.2) is 5.16 Å². The summed E-state index contributed by atoms with van der Waals surface area (Å²) in [6, 6.07) is 0. The average Bonchev–Trinajstić information content (AvgIpc) is 2.38. The number of halogens is 1. The number of aldehydes is 1. The molecule has 7 heteroatoms. The lowest BCUT2D eigenvalue weighted by Crippen LogP contribution is -2.34. The third kappa shape index (κ3) is 2.77. The van der Waals surface area contributed by atoms with Gasteiger partial charge in [0.05, 0.1) is 17.9 Å². The van der Waals surface area contributed by atoms with Gasteiger partial charge in [0.1, 0.15) is 11.3 Å². The van der Waals surface area contributed by atoms with Crippen LogP contribution in [0.3, 0.4) is 0 Å². The summed E-state index contributed by atoms with van der Waals surface area (Å²) < 4.78 is 5.58. The summed E-state index contributed by atoms with van der Waals surface area (Å²) >= 11 is 7.34. The fourth-order valence-electron chi connectivity index (χ4n) is 1.62. The van der Waals surface area contributed by atoms with E-state index in [-0.39, 0.29) is 11.3 Å². The molecule has 2 rings (SSSR count). The molecule has 1 atom stereocenters. The van der Waals surface area contributed by atoms with E-state index in [9.17, 15) is 4.79 Å². The molecular weight excluding hydrogens is 262 g/mol. The third-order valence-corrected chi connectivity index (χ3v) is 3.28. The van der Waals surface area contributed by atoms with Crippen LogP contribution in [0.1, 0.15) is 22.2 Å². The highest BCUT2D eigenvalue weighted by atomic mass is 35.5. The van der Waals surface area contributed by atoms with E-state index in [4.69, 9.17) is 16.3 Å². The second kappa shape index (κ2) is 5.77. The summed E-state index contributed by atoms with van der Waals surface area (Å²) in [6.45, 7) is 2.03. The Morgan fingerprint density at radius 1 is 1.59 bits per heavy atom. The van der Waals surface area contributed by atoms with Crippen LogP contribution in [0.4, 0.5) is 0 Å². The molecule has 1 saturated heterocycles. The molecule has 1 N–H and O–H groups in total. The summed E-state index contributed by atoms with van der Waals surface area (Å²) in [5, 5.41) is 3.92. The molecule has 17 heavy (non-hydrogen) atoms. The van der Waals surface area contributed by atoms with Crippen molar-refractivity contribution in [2.24, 2.45) is 0 Å². The molecule has 0 aromatic carbocycles. The van der Waals surface area contributed by atoms with Crippen molar-refractivity contribution in [2.75, 3.05) is 26.0 Å². The molecule has 1 aromatic heterocycles. The van der Waals surface area contributed by atoms with Crippen molar-refractivity contribution in [3.8, 4) is 0 Å². The summed E-state index contributed by atoms with van der Waals surface area (Å²) in [5.74, 6) is 0. The number of hydrogen-bond donors (Lipinski definition) is 1. The second-order valence-electron chi connectivity index (χ2n) is 3.48. The SMILES string of the molecule is CSc1nc(Cl)c(C=O)c(C2CNCCO2)n1. The zero-order valence-electron chi connectivity index (χ0n) is 9.27. The summed E-state index contributed by atoms with van der Waals surface area (Å²) in [5.41, 5.74) is 0.884. The zero-order chi connectivity index (χ0) is 12.3. The molecule has 0 radical (unpaired) electrons. The van der Waals surface area contributed by atoms with Crippen LogP contribution in [0.25, 0.3) is 0 Å². The molecule has 92 valence electrons. The average molecular weight is 274 g/mol. The number of ether oxygens (including phenoxy) is 1. The number of rotatable bonds is 3. The van der Waals surface area contributed by atoms with Gasteiger partial charge in [-0.25, -0.2) is 9.97 Å².